The Kier molecular flexibility index (Phi) is 3.71. The van der Waals surface area contributed by atoms with Gasteiger partial charge in [0, 0.05) is 21.9 Å². The molecule has 3 nitrogen and oxygen atoms in total. The van der Waals surface area contributed by atoms with Crippen LogP contribution in [0.25, 0.3) is 44.6 Å². The first-order valence-corrected chi connectivity index (χ1v) is 9.37. The van der Waals surface area contributed by atoms with Crippen LogP contribution in [0.3, 0.4) is 0 Å². The van der Waals surface area contributed by atoms with E-state index in [2.05, 4.69) is 57.9 Å². The van der Waals surface area contributed by atoms with E-state index in [4.69, 9.17) is 9.40 Å². The summed E-state index contributed by atoms with van der Waals surface area (Å²) in [5, 5.41) is 2.24. The van der Waals surface area contributed by atoms with Gasteiger partial charge in [0.15, 0.2) is 5.82 Å². The van der Waals surface area contributed by atoms with Gasteiger partial charge in [0.25, 0.3) is 0 Å². The topological polar surface area (TPSA) is 38.9 Å². The lowest BCUT2D eigenvalue weighted by Crippen LogP contribution is -1.94. The molecule has 4 heteroatoms. The smallest absolute Gasteiger partial charge is 0.161 e. The SMILES string of the molecule is Ic1cc(-c2ccccc2)nc(-c2ccc3c(c2)oc2ccccc23)n1. The van der Waals surface area contributed by atoms with Crippen molar-refractivity contribution in [3.05, 3.63) is 82.6 Å². The van der Waals surface area contributed by atoms with Crippen LogP contribution in [0.15, 0.2) is 83.3 Å². The number of benzene rings is 3. The molecular formula is C22H13IN2O. The summed E-state index contributed by atoms with van der Waals surface area (Å²) in [6.07, 6.45) is 0. The van der Waals surface area contributed by atoms with Gasteiger partial charge in [-0.3, -0.25) is 0 Å². The number of para-hydroxylation sites is 1. The van der Waals surface area contributed by atoms with Crippen LogP contribution >= 0.6 is 22.6 Å². The molecule has 0 saturated heterocycles. The molecule has 5 rings (SSSR count). The zero-order valence-electron chi connectivity index (χ0n) is 13.7. The third-order valence-electron chi connectivity index (χ3n) is 4.40. The van der Waals surface area contributed by atoms with E-state index >= 15 is 0 Å². The highest BCUT2D eigenvalue weighted by atomic mass is 127. The lowest BCUT2D eigenvalue weighted by molar-refractivity contribution is 0.669. The van der Waals surface area contributed by atoms with E-state index < -0.39 is 0 Å². The van der Waals surface area contributed by atoms with Crippen molar-refractivity contribution in [3.8, 4) is 22.6 Å². The maximum absolute atomic E-state index is 6.00. The molecule has 0 saturated carbocycles. The van der Waals surface area contributed by atoms with Crippen LogP contribution in [-0.2, 0) is 0 Å². The van der Waals surface area contributed by atoms with E-state index in [-0.39, 0.29) is 0 Å². The maximum Gasteiger partial charge on any atom is 0.161 e. The van der Waals surface area contributed by atoms with Gasteiger partial charge in [-0.15, -0.1) is 0 Å². The average molecular weight is 448 g/mol. The van der Waals surface area contributed by atoms with Gasteiger partial charge in [0.2, 0.25) is 0 Å². The van der Waals surface area contributed by atoms with Crippen molar-refractivity contribution in [2.24, 2.45) is 0 Å². The monoisotopic (exact) mass is 448 g/mol. The van der Waals surface area contributed by atoms with E-state index in [0.717, 1.165) is 42.5 Å². The highest BCUT2D eigenvalue weighted by Crippen LogP contribution is 2.32. The summed E-state index contributed by atoms with van der Waals surface area (Å²) in [4.78, 5) is 9.40. The normalized spacial score (nSPS) is 11.3. The summed E-state index contributed by atoms with van der Waals surface area (Å²) in [5.74, 6) is 0.707. The van der Waals surface area contributed by atoms with Gasteiger partial charge < -0.3 is 4.42 Å². The molecule has 0 bridgehead atoms. The molecule has 2 aromatic heterocycles. The molecule has 124 valence electrons. The standard InChI is InChI=1S/C22H13IN2O/c23-21-13-18(14-6-2-1-3-7-14)24-22(25-21)15-10-11-17-16-8-4-5-9-19(16)26-20(17)12-15/h1-13H. The van der Waals surface area contributed by atoms with Gasteiger partial charge in [-0.1, -0.05) is 54.6 Å². The van der Waals surface area contributed by atoms with Gasteiger partial charge in [-0.25, -0.2) is 9.97 Å². The fourth-order valence-electron chi connectivity index (χ4n) is 3.17. The first-order chi connectivity index (χ1) is 12.8. The van der Waals surface area contributed by atoms with Crippen LogP contribution in [0.1, 0.15) is 0 Å². The van der Waals surface area contributed by atoms with Crippen molar-refractivity contribution < 1.29 is 4.42 Å². The summed E-state index contributed by atoms with van der Waals surface area (Å²) in [6.45, 7) is 0. The zero-order chi connectivity index (χ0) is 17.5. The number of nitrogens with zero attached hydrogens (tertiary/aromatic N) is 2. The summed E-state index contributed by atoms with van der Waals surface area (Å²) in [6, 6.07) is 26.4. The number of aromatic nitrogens is 2. The number of rotatable bonds is 2. The Morgan fingerprint density at radius 2 is 1.42 bits per heavy atom. The Morgan fingerprint density at radius 1 is 0.654 bits per heavy atom. The summed E-state index contributed by atoms with van der Waals surface area (Å²) in [7, 11) is 0. The van der Waals surface area contributed by atoms with Crippen molar-refractivity contribution in [1.82, 2.24) is 9.97 Å². The number of furan rings is 1. The Balaban J connectivity index is 1.67. The lowest BCUT2D eigenvalue weighted by atomic mass is 10.1. The summed E-state index contributed by atoms with van der Waals surface area (Å²) in [5.41, 5.74) is 4.71. The molecule has 0 aliphatic heterocycles. The van der Waals surface area contributed by atoms with Gasteiger partial charge in [-0.05, 0) is 46.9 Å². The number of hydrogen-bond acceptors (Lipinski definition) is 3. The highest BCUT2D eigenvalue weighted by molar-refractivity contribution is 14.1. The predicted octanol–water partition coefficient (Wildman–Crippen LogP) is 6.31. The third kappa shape index (κ3) is 2.66. The molecule has 0 unspecified atom stereocenters. The van der Waals surface area contributed by atoms with E-state index in [1.807, 2.05) is 48.5 Å². The molecule has 0 aliphatic rings. The van der Waals surface area contributed by atoms with Crippen LogP contribution in [0.2, 0.25) is 0 Å². The van der Waals surface area contributed by atoms with E-state index in [9.17, 15) is 0 Å². The molecule has 26 heavy (non-hydrogen) atoms. The number of halogens is 1. The number of fused-ring (bicyclic) bond motifs is 3. The maximum atomic E-state index is 6.00. The second kappa shape index (κ2) is 6.21. The zero-order valence-corrected chi connectivity index (χ0v) is 15.8. The Morgan fingerprint density at radius 3 is 2.31 bits per heavy atom. The second-order valence-corrected chi connectivity index (χ2v) is 7.18. The molecule has 0 fully saturated rings. The predicted molar refractivity (Wildman–Crippen MR) is 113 cm³/mol. The quantitative estimate of drug-likeness (QED) is 0.235. The van der Waals surface area contributed by atoms with E-state index in [1.165, 1.54) is 0 Å². The first-order valence-electron chi connectivity index (χ1n) is 8.30. The van der Waals surface area contributed by atoms with Gasteiger partial charge in [-0.2, -0.15) is 0 Å². The third-order valence-corrected chi connectivity index (χ3v) is 4.95. The van der Waals surface area contributed by atoms with Gasteiger partial charge in [0.05, 0.1) is 5.69 Å². The largest absolute Gasteiger partial charge is 0.456 e. The van der Waals surface area contributed by atoms with Crippen molar-refractivity contribution in [2.75, 3.05) is 0 Å². The van der Waals surface area contributed by atoms with Crippen LogP contribution in [0.4, 0.5) is 0 Å². The van der Waals surface area contributed by atoms with Crippen molar-refractivity contribution in [1.29, 1.82) is 0 Å². The average Bonchev–Trinajstić information content (AvgIpc) is 3.06. The van der Waals surface area contributed by atoms with Crippen molar-refractivity contribution in [3.63, 3.8) is 0 Å². The van der Waals surface area contributed by atoms with Crippen LogP contribution in [0.5, 0.6) is 0 Å². The van der Waals surface area contributed by atoms with Gasteiger partial charge >= 0.3 is 0 Å². The van der Waals surface area contributed by atoms with Crippen LogP contribution in [0, 0.1) is 3.70 Å². The van der Waals surface area contributed by atoms with Crippen LogP contribution in [-0.4, -0.2) is 9.97 Å². The Hall–Kier alpha value is -2.73. The molecule has 0 radical (unpaired) electrons. The first kappa shape index (κ1) is 15.5. The minimum atomic E-state index is 0.707. The number of hydrogen-bond donors (Lipinski definition) is 0. The van der Waals surface area contributed by atoms with Crippen molar-refractivity contribution >= 4 is 44.5 Å². The fourth-order valence-corrected chi connectivity index (χ4v) is 3.69. The van der Waals surface area contributed by atoms with Crippen LogP contribution < -0.4 is 0 Å². The fraction of sp³-hybridized carbons (Fsp3) is 0. The molecule has 5 aromatic rings. The van der Waals surface area contributed by atoms with Crippen molar-refractivity contribution in [2.45, 2.75) is 0 Å². The highest BCUT2D eigenvalue weighted by Gasteiger charge is 2.11. The lowest BCUT2D eigenvalue weighted by Gasteiger charge is -2.06. The molecular weight excluding hydrogens is 435 g/mol. The molecule has 0 atom stereocenters. The van der Waals surface area contributed by atoms with Gasteiger partial charge in [0.1, 0.15) is 14.9 Å². The Bertz CT molecular complexity index is 1250. The van der Waals surface area contributed by atoms with E-state index in [1.54, 1.807) is 0 Å². The second-order valence-electron chi connectivity index (χ2n) is 6.07. The molecule has 0 amide bonds. The molecule has 2 heterocycles. The summed E-state index contributed by atoms with van der Waals surface area (Å²) >= 11 is 2.24. The summed E-state index contributed by atoms with van der Waals surface area (Å²) < 4.78 is 6.92. The molecule has 3 aromatic carbocycles. The molecule has 0 N–H and O–H groups in total. The Labute approximate surface area is 163 Å². The minimum absolute atomic E-state index is 0.707. The van der Waals surface area contributed by atoms with E-state index in [0.29, 0.717) is 5.82 Å². The minimum Gasteiger partial charge on any atom is -0.456 e. The molecule has 0 aliphatic carbocycles. The molecule has 0 spiro atoms.